The third-order valence-corrected chi connectivity index (χ3v) is 9.34. The summed E-state index contributed by atoms with van der Waals surface area (Å²) in [4.78, 5) is 26.4. The van der Waals surface area contributed by atoms with Crippen molar-refractivity contribution in [2.24, 2.45) is 30.7 Å². The number of nitrogens with zero attached hydrogens (tertiary/aromatic N) is 8. The molecule has 5 aromatic rings. The maximum Gasteiger partial charge on any atom is 0.280 e. The summed E-state index contributed by atoms with van der Waals surface area (Å²) in [5.41, 5.74) is 10.2. The maximum atomic E-state index is 13.2. The van der Waals surface area contributed by atoms with Crippen LogP contribution in [0, 0.1) is 20.8 Å². The van der Waals surface area contributed by atoms with E-state index in [-0.39, 0.29) is 17.7 Å². The minimum Gasteiger partial charge on any atom is -0.269 e. The van der Waals surface area contributed by atoms with Crippen LogP contribution in [0.25, 0.3) is 0 Å². The second-order valence-electron chi connectivity index (χ2n) is 13.1. The molecule has 0 saturated heterocycles. The lowest BCUT2D eigenvalue weighted by molar-refractivity contribution is -0.118. The van der Waals surface area contributed by atoms with Crippen LogP contribution in [-0.4, -0.2) is 35.3 Å². The summed E-state index contributed by atoms with van der Waals surface area (Å²) in [6, 6.07) is 37.8. The zero-order chi connectivity index (χ0) is 36.4. The Morgan fingerprint density at radius 2 is 1.00 bits per heavy atom. The number of carbonyl (C=O) groups excluding carboxylic acids is 2. The molecule has 0 N–H and O–H groups in total. The summed E-state index contributed by atoms with van der Waals surface area (Å²) in [5, 5.41) is 29.7. The Morgan fingerprint density at radius 1 is 0.519 bits per heavy atom. The minimum absolute atomic E-state index is 0.0778. The zero-order valence-electron chi connectivity index (χ0n) is 29.7. The number of anilines is 2. The van der Waals surface area contributed by atoms with Gasteiger partial charge in [-0.1, -0.05) is 84.9 Å². The van der Waals surface area contributed by atoms with Crippen LogP contribution < -0.4 is 10.0 Å². The van der Waals surface area contributed by atoms with E-state index in [1.165, 1.54) is 10.0 Å². The number of para-hydroxylation sites is 2. The van der Waals surface area contributed by atoms with Crippen LogP contribution in [0.3, 0.4) is 0 Å². The molecular weight excluding hydrogens is 649 g/mol. The van der Waals surface area contributed by atoms with Crippen LogP contribution in [0.5, 0.6) is 0 Å². The van der Waals surface area contributed by atoms with Crippen molar-refractivity contribution in [2.45, 2.75) is 52.6 Å². The Balaban J connectivity index is 1.14. The first-order chi connectivity index (χ1) is 25.2. The Kier molecular flexibility index (Phi) is 9.45. The zero-order valence-corrected chi connectivity index (χ0v) is 29.7. The summed E-state index contributed by atoms with van der Waals surface area (Å²) in [6.07, 6.45) is 0. The summed E-state index contributed by atoms with van der Waals surface area (Å²) >= 11 is 0. The second kappa shape index (κ2) is 14.4. The summed E-state index contributed by atoms with van der Waals surface area (Å²) in [7, 11) is 0. The van der Waals surface area contributed by atoms with E-state index in [4.69, 9.17) is 0 Å². The number of rotatable bonds is 9. The maximum absolute atomic E-state index is 13.2. The van der Waals surface area contributed by atoms with Crippen LogP contribution in [0.4, 0.5) is 22.7 Å². The Bertz CT molecular complexity index is 2270. The van der Waals surface area contributed by atoms with Gasteiger partial charge in [0.2, 0.25) is 0 Å². The van der Waals surface area contributed by atoms with Crippen molar-refractivity contribution in [3.05, 3.63) is 155 Å². The van der Waals surface area contributed by atoms with Crippen molar-refractivity contribution in [1.82, 2.24) is 0 Å². The molecule has 2 aliphatic rings. The van der Waals surface area contributed by atoms with Crippen molar-refractivity contribution >= 4 is 46.0 Å². The fraction of sp³-hybridized carbons (Fsp3) is 0.190. The molecule has 2 amide bonds. The molecule has 258 valence electrons. The minimum atomic E-state index is -0.777. The molecule has 3 atom stereocenters. The molecule has 0 bridgehead atoms. The molecule has 10 heteroatoms. The first-order valence-electron chi connectivity index (χ1n) is 17.2. The highest BCUT2D eigenvalue weighted by molar-refractivity contribution is 6.18. The topological polar surface area (TPSA) is 115 Å². The molecule has 5 aromatic carbocycles. The van der Waals surface area contributed by atoms with E-state index in [1.54, 1.807) is 13.8 Å². The van der Waals surface area contributed by atoms with Crippen molar-refractivity contribution in [1.29, 1.82) is 0 Å². The van der Waals surface area contributed by atoms with Gasteiger partial charge in [-0.15, -0.1) is 0 Å². The van der Waals surface area contributed by atoms with Gasteiger partial charge in [-0.25, -0.2) is 0 Å². The lowest BCUT2D eigenvalue weighted by Gasteiger charge is -2.23. The largest absolute Gasteiger partial charge is 0.280 e. The van der Waals surface area contributed by atoms with Crippen molar-refractivity contribution in [3.8, 4) is 0 Å². The number of aryl methyl sites for hydroxylation is 3. The number of hydrogen-bond donors (Lipinski definition) is 0. The molecule has 0 aromatic heterocycles. The molecular formula is C42H38N8O2. The highest BCUT2D eigenvalue weighted by Gasteiger charge is 2.36. The van der Waals surface area contributed by atoms with Gasteiger partial charge in [0.25, 0.3) is 11.8 Å². The molecule has 2 heterocycles. The summed E-state index contributed by atoms with van der Waals surface area (Å²) < 4.78 is 0. The number of benzene rings is 5. The Hall–Kier alpha value is -6.42. The first kappa shape index (κ1) is 34.0. The molecule has 2 aliphatic heterocycles. The predicted octanol–water partition coefficient (Wildman–Crippen LogP) is 9.54. The van der Waals surface area contributed by atoms with Crippen LogP contribution >= 0.6 is 0 Å². The average Bonchev–Trinajstić information content (AvgIpc) is 3.61. The van der Waals surface area contributed by atoms with E-state index < -0.39 is 12.1 Å². The van der Waals surface area contributed by atoms with Crippen LogP contribution in [0.1, 0.15) is 53.1 Å². The molecule has 0 fully saturated rings. The van der Waals surface area contributed by atoms with Crippen molar-refractivity contribution in [2.75, 3.05) is 10.0 Å². The van der Waals surface area contributed by atoms with Gasteiger partial charge in [-0.3, -0.25) is 9.59 Å². The number of azo groups is 2. The van der Waals surface area contributed by atoms with E-state index in [1.807, 2.05) is 105 Å². The number of hydrogen-bond acceptors (Lipinski definition) is 8. The third-order valence-electron chi connectivity index (χ3n) is 9.34. The highest BCUT2D eigenvalue weighted by Crippen LogP contribution is 2.38. The molecule has 0 saturated carbocycles. The second-order valence-corrected chi connectivity index (χ2v) is 13.1. The normalized spacial score (nSPS) is 18.1. The van der Waals surface area contributed by atoms with Crippen molar-refractivity contribution < 1.29 is 9.59 Å². The molecule has 0 spiro atoms. The quantitative estimate of drug-likeness (QED) is 0.114. The van der Waals surface area contributed by atoms with Gasteiger partial charge in [-0.05, 0) is 104 Å². The van der Waals surface area contributed by atoms with E-state index in [9.17, 15) is 9.59 Å². The Morgan fingerprint density at radius 3 is 1.52 bits per heavy atom. The smallest absolute Gasteiger partial charge is 0.269 e. The van der Waals surface area contributed by atoms with Gasteiger partial charge in [0.1, 0.15) is 0 Å². The third kappa shape index (κ3) is 6.70. The lowest BCUT2D eigenvalue weighted by Crippen LogP contribution is -2.29. The van der Waals surface area contributed by atoms with Crippen LogP contribution in [0.15, 0.2) is 152 Å². The fourth-order valence-electron chi connectivity index (χ4n) is 6.54. The molecule has 0 unspecified atom stereocenters. The molecule has 0 radical (unpaired) electrons. The summed E-state index contributed by atoms with van der Waals surface area (Å²) in [6.45, 7) is 9.68. The SMILES string of the molecule is CC1=NN(c2ccccc2)C(=O)[C@H]1N=Nc1ccc([C@@H](c2ccccc2)c2cc(C)c(N=N[C@@H]3C(=O)N(c4ccccc4)N=C3C)cc2C)cc1C. The Labute approximate surface area is 302 Å². The fourth-order valence-corrected chi connectivity index (χ4v) is 6.54. The van der Waals surface area contributed by atoms with Gasteiger partial charge in [0.05, 0.1) is 34.2 Å². The molecule has 52 heavy (non-hydrogen) atoms. The van der Waals surface area contributed by atoms with E-state index in [0.717, 1.165) is 33.4 Å². The van der Waals surface area contributed by atoms with Gasteiger partial charge in [0.15, 0.2) is 12.1 Å². The molecule has 0 aliphatic carbocycles. The van der Waals surface area contributed by atoms with E-state index in [0.29, 0.717) is 34.2 Å². The highest BCUT2D eigenvalue weighted by atomic mass is 16.2. The number of amides is 2. The van der Waals surface area contributed by atoms with E-state index >= 15 is 0 Å². The number of carbonyl (C=O) groups is 2. The number of hydrazone groups is 2. The van der Waals surface area contributed by atoms with Gasteiger partial charge < -0.3 is 0 Å². The van der Waals surface area contributed by atoms with Gasteiger partial charge in [0, 0.05) is 5.92 Å². The van der Waals surface area contributed by atoms with Gasteiger partial charge >= 0.3 is 0 Å². The molecule has 7 rings (SSSR count). The van der Waals surface area contributed by atoms with Crippen LogP contribution in [-0.2, 0) is 9.59 Å². The molecule has 10 nitrogen and oxygen atoms in total. The predicted molar refractivity (Wildman–Crippen MR) is 205 cm³/mol. The standard InChI is InChI=1S/C42H38N8O2/c1-26-25-37(44-46-40-30(5)48-50(42(40)52)34-19-13-8-14-20-34)28(3)24-35(26)38(31-15-9-6-10-16-31)32-21-22-36(27(2)23-32)43-45-39-29(4)47-49(41(39)51)33-17-11-7-12-18-33/h6-25,38-40H,1-5H3/t38-,39+,40+/m1/s1. The monoisotopic (exact) mass is 686 g/mol. The van der Waals surface area contributed by atoms with E-state index in [2.05, 4.69) is 67.9 Å². The lowest BCUT2D eigenvalue weighted by atomic mass is 9.81. The summed E-state index contributed by atoms with van der Waals surface area (Å²) in [5.74, 6) is -0.536. The van der Waals surface area contributed by atoms with Gasteiger partial charge in [-0.2, -0.15) is 40.7 Å². The van der Waals surface area contributed by atoms with Crippen LogP contribution in [0.2, 0.25) is 0 Å². The first-order valence-corrected chi connectivity index (χ1v) is 17.2. The average molecular weight is 687 g/mol. The van der Waals surface area contributed by atoms with Crippen molar-refractivity contribution in [3.63, 3.8) is 0 Å².